The van der Waals surface area contributed by atoms with E-state index in [2.05, 4.69) is 0 Å². The lowest BCUT2D eigenvalue weighted by atomic mass is 9.92. The molecule has 0 aromatic carbocycles. The Morgan fingerprint density at radius 1 is 1.32 bits per heavy atom. The van der Waals surface area contributed by atoms with Crippen LogP contribution >= 0.6 is 12.4 Å². The minimum atomic E-state index is -3.15. The van der Waals surface area contributed by atoms with E-state index in [9.17, 15) is 8.42 Å². The summed E-state index contributed by atoms with van der Waals surface area (Å²) in [6.07, 6.45) is 3.51. The SMILES string of the molecule is CC(N)C1CCN(S(=O)(=O)CC2CCCO2)CC1.Cl. The molecule has 7 heteroatoms. The van der Waals surface area contributed by atoms with Gasteiger partial charge in [0.25, 0.3) is 0 Å². The van der Waals surface area contributed by atoms with Gasteiger partial charge in [-0.15, -0.1) is 12.4 Å². The Morgan fingerprint density at radius 2 is 1.95 bits per heavy atom. The maximum atomic E-state index is 12.2. The Bertz CT molecular complexity index is 361. The second-order valence-corrected chi connectivity index (χ2v) is 7.52. The average molecular weight is 313 g/mol. The summed E-state index contributed by atoms with van der Waals surface area (Å²) in [6.45, 7) is 3.93. The van der Waals surface area contributed by atoms with Crippen molar-refractivity contribution in [2.45, 2.75) is 44.8 Å². The summed E-state index contributed by atoms with van der Waals surface area (Å²) >= 11 is 0. The fourth-order valence-electron chi connectivity index (χ4n) is 2.80. The molecule has 2 rings (SSSR count). The van der Waals surface area contributed by atoms with Gasteiger partial charge >= 0.3 is 0 Å². The lowest BCUT2D eigenvalue weighted by Gasteiger charge is -2.33. The van der Waals surface area contributed by atoms with Crippen molar-refractivity contribution >= 4 is 22.4 Å². The van der Waals surface area contributed by atoms with E-state index in [1.165, 1.54) is 0 Å². The highest BCUT2D eigenvalue weighted by atomic mass is 35.5. The van der Waals surface area contributed by atoms with E-state index < -0.39 is 10.0 Å². The predicted molar refractivity (Wildman–Crippen MR) is 78.0 cm³/mol. The first kappa shape index (κ1) is 17.2. The number of sulfonamides is 1. The highest BCUT2D eigenvalue weighted by molar-refractivity contribution is 7.89. The molecule has 2 unspecified atom stereocenters. The van der Waals surface area contributed by atoms with Crippen LogP contribution in [0.25, 0.3) is 0 Å². The molecule has 19 heavy (non-hydrogen) atoms. The van der Waals surface area contributed by atoms with Crippen LogP contribution in [0.15, 0.2) is 0 Å². The van der Waals surface area contributed by atoms with Gasteiger partial charge in [-0.05, 0) is 38.5 Å². The molecule has 2 aliphatic rings. The third-order valence-electron chi connectivity index (χ3n) is 4.06. The zero-order chi connectivity index (χ0) is 13.2. The van der Waals surface area contributed by atoms with Crippen LogP contribution in [-0.4, -0.2) is 50.3 Å². The third-order valence-corrected chi connectivity index (χ3v) is 6.00. The number of hydrogen-bond donors (Lipinski definition) is 1. The fourth-order valence-corrected chi connectivity index (χ4v) is 4.51. The number of rotatable bonds is 4. The van der Waals surface area contributed by atoms with Crippen molar-refractivity contribution in [3.8, 4) is 0 Å². The first-order valence-electron chi connectivity index (χ1n) is 6.84. The number of nitrogens with zero attached hydrogens (tertiary/aromatic N) is 1. The van der Waals surface area contributed by atoms with E-state index >= 15 is 0 Å². The Hall–Kier alpha value is 0.120. The van der Waals surface area contributed by atoms with Gasteiger partial charge in [-0.1, -0.05) is 0 Å². The van der Waals surface area contributed by atoms with Crippen molar-refractivity contribution in [3.05, 3.63) is 0 Å². The van der Waals surface area contributed by atoms with Crippen molar-refractivity contribution in [2.75, 3.05) is 25.4 Å². The van der Waals surface area contributed by atoms with Crippen LogP contribution in [0, 0.1) is 5.92 Å². The Balaban J connectivity index is 0.00000180. The molecule has 5 nitrogen and oxygen atoms in total. The lowest BCUT2D eigenvalue weighted by Crippen LogP contribution is -2.44. The van der Waals surface area contributed by atoms with Gasteiger partial charge in [0.05, 0.1) is 11.9 Å². The zero-order valence-corrected chi connectivity index (χ0v) is 13.1. The first-order chi connectivity index (χ1) is 8.49. The molecule has 2 aliphatic heterocycles. The topological polar surface area (TPSA) is 72.6 Å². The van der Waals surface area contributed by atoms with Crippen LogP contribution < -0.4 is 5.73 Å². The molecule has 0 aliphatic carbocycles. The molecule has 0 amide bonds. The number of nitrogens with two attached hydrogens (primary N) is 1. The Labute approximate surface area is 122 Å². The van der Waals surface area contributed by atoms with Gasteiger partial charge in [-0.25, -0.2) is 12.7 Å². The van der Waals surface area contributed by atoms with Crippen LogP contribution in [0.1, 0.15) is 32.6 Å². The molecule has 2 fully saturated rings. The molecule has 0 bridgehead atoms. The summed E-state index contributed by atoms with van der Waals surface area (Å²) in [5.74, 6) is 0.606. The van der Waals surface area contributed by atoms with Gasteiger partial charge in [-0.2, -0.15) is 0 Å². The van der Waals surface area contributed by atoms with Gasteiger partial charge in [0.1, 0.15) is 0 Å². The highest BCUT2D eigenvalue weighted by Crippen LogP contribution is 2.23. The molecule has 0 aromatic heterocycles. The van der Waals surface area contributed by atoms with E-state index in [0.29, 0.717) is 25.6 Å². The second-order valence-electron chi connectivity index (χ2n) is 5.51. The number of ether oxygens (including phenoxy) is 1. The largest absolute Gasteiger partial charge is 0.377 e. The molecular weight excluding hydrogens is 288 g/mol. The fraction of sp³-hybridized carbons (Fsp3) is 1.00. The monoisotopic (exact) mass is 312 g/mol. The van der Waals surface area contributed by atoms with E-state index in [4.69, 9.17) is 10.5 Å². The number of halogens is 1. The standard InChI is InChI=1S/C12H24N2O3S.ClH/c1-10(13)11-4-6-14(7-5-11)18(15,16)9-12-3-2-8-17-12;/h10-12H,2-9,13H2,1H3;1H. The van der Waals surface area contributed by atoms with Crippen LogP contribution in [0.2, 0.25) is 0 Å². The molecular formula is C12H25ClN2O3S. The summed E-state index contributed by atoms with van der Waals surface area (Å²) in [6, 6.07) is 0.160. The average Bonchev–Trinajstić information content (AvgIpc) is 2.81. The Morgan fingerprint density at radius 3 is 2.42 bits per heavy atom. The summed E-state index contributed by atoms with van der Waals surface area (Å²) in [5, 5.41) is 0. The summed E-state index contributed by atoms with van der Waals surface area (Å²) < 4.78 is 31.5. The molecule has 2 atom stereocenters. The normalized spacial score (nSPS) is 28.0. The summed E-state index contributed by atoms with van der Waals surface area (Å²) in [4.78, 5) is 0. The summed E-state index contributed by atoms with van der Waals surface area (Å²) in [7, 11) is -3.15. The molecule has 2 heterocycles. The van der Waals surface area contributed by atoms with Crippen molar-refractivity contribution in [1.82, 2.24) is 4.31 Å². The molecule has 0 saturated carbocycles. The van der Waals surface area contributed by atoms with Crippen LogP contribution in [0.3, 0.4) is 0 Å². The minimum absolute atomic E-state index is 0. The van der Waals surface area contributed by atoms with E-state index in [1.54, 1.807) is 4.31 Å². The van der Waals surface area contributed by atoms with E-state index in [1.807, 2.05) is 6.92 Å². The van der Waals surface area contributed by atoms with Crippen molar-refractivity contribution in [2.24, 2.45) is 11.7 Å². The molecule has 0 radical (unpaired) electrons. The smallest absolute Gasteiger partial charge is 0.216 e. The van der Waals surface area contributed by atoms with Crippen molar-refractivity contribution < 1.29 is 13.2 Å². The first-order valence-corrected chi connectivity index (χ1v) is 8.45. The Kier molecular flexibility index (Phi) is 6.53. The maximum absolute atomic E-state index is 12.2. The van der Waals surface area contributed by atoms with Gasteiger partial charge in [0.2, 0.25) is 10.0 Å². The third kappa shape index (κ3) is 4.56. The summed E-state index contributed by atoms with van der Waals surface area (Å²) in [5.41, 5.74) is 5.87. The number of piperidine rings is 1. The second kappa shape index (κ2) is 7.22. The number of hydrogen-bond acceptors (Lipinski definition) is 4. The minimum Gasteiger partial charge on any atom is -0.377 e. The molecule has 2 N–H and O–H groups in total. The van der Waals surface area contributed by atoms with Gasteiger partial charge in [0.15, 0.2) is 0 Å². The van der Waals surface area contributed by atoms with Crippen LogP contribution in [0.4, 0.5) is 0 Å². The molecule has 2 saturated heterocycles. The maximum Gasteiger partial charge on any atom is 0.216 e. The predicted octanol–water partition coefficient (Wildman–Crippen LogP) is 0.976. The van der Waals surface area contributed by atoms with Crippen molar-refractivity contribution in [3.63, 3.8) is 0 Å². The van der Waals surface area contributed by atoms with Gasteiger partial charge < -0.3 is 10.5 Å². The molecule has 114 valence electrons. The molecule has 0 spiro atoms. The van der Waals surface area contributed by atoms with Crippen molar-refractivity contribution in [1.29, 1.82) is 0 Å². The highest BCUT2D eigenvalue weighted by Gasteiger charge is 2.32. The van der Waals surface area contributed by atoms with Gasteiger partial charge in [0, 0.05) is 25.7 Å². The lowest BCUT2D eigenvalue weighted by molar-refractivity contribution is 0.125. The van der Waals surface area contributed by atoms with E-state index in [-0.39, 0.29) is 30.3 Å². The van der Waals surface area contributed by atoms with Crippen LogP contribution in [-0.2, 0) is 14.8 Å². The quantitative estimate of drug-likeness (QED) is 0.840. The zero-order valence-electron chi connectivity index (χ0n) is 11.5. The molecule has 0 aromatic rings. The van der Waals surface area contributed by atoms with Crippen LogP contribution in [0.5, 0.6) is 0 Å². The van der Waals surface area contributed by atoms with E-state index in [0.717, 1.165) is 25.7 Å². The van der Waals surface area contributed by atoms with Gasteiger partial charge in [-0.3, -0.25) is 0 Å².